The lowest BCUT2D eigenvalue weighted by Crippen LogP contribution is -2.38. The molecule has 1 aliphatic rings. The Kier molecular flexibility index (Phi) is 3.78. The number of hydrogen-bond acceptors (Lipinski definition) is 4. The monoisotopic (exact) mass is 303 g/mol. The number of aromatic carboxylic acids is 1. The fourth-order valence-electron chi connectivity index (χ4n) is 3.25. The van der Waals surface area contributed by atoms with Crippen molar-refractivity contribution in [1.29, 1.82) is 0 Å². The third-order valence-corrected chi connectivity index (χ3v) is 4.50. The number of imidazole rings is 1. The van der Waals surface area contributed by atoms with Crippen LogP contribution in [0.1, 0.15) is 48.9 Å². The molecule has 2 aromatic heterocycles. The van der Waals surface area contributed by atoms with Gasteiger partial charge in [0.1, 0.15) is 5.82 Å². The van der Waals surface area contributed by atoms with Gasteiger partial charge in [-0.05, 0) is 51.9 Å². The number of carboxylic acid groups (broad SMARTS) is 1. The number of hydrogen-bond donors (Lipinski definition) is 2. The molecule has 3 rings (SSSR count). The zero-order valence-corrected chi connectivity index (χ0v) is 12.9. The highest BCUT2D eigenvalue weighted by molar-refractivity contribution is 5.93. The Morgan fingerprint density at radius 1 is 1.32 bits per heavy atom. The van der Waals surface area contributed by atoms with Crippen LogP contribution in [0.15, 0.2) is 18.2 Å². The second-order valence-electron chi connectivity index (χ2n) is 6.13. The first-order chi connectivity index (χ1) is 10.5. The van der Waals surface area contributed by atoms with Gasteiger partial charge in [-0.1, -0.05) is 6.07 Å². The van der Waals surface area contributed by atoms with Crippen LogP contribution in [-0.2, 0) is 0 Å². The van der Waals surface area contributed by atoms with Crippen molar-refractivity contribution in [2.75, 3.05) is 13.1 Å². The third-order valence-electron chi connectivity index (χ3n) is 4.50. The predicted octanol–water partition coefficient (Wildman–Crippen LogP) is 2.33. The topological polar surface area (TPSA) is 78.1 Å². The fraction of sp³-hybridized carbons (Fsp3) is 0.500. The van der Waals surface area contributed by atoms with Crippen molar-refractivity contribution in [2.24, 2.45) is 0 Å². The number of aromatic nitrogens is 2. The number of aromatic hydroxyl groups is 1. The minimum atomic E-state index is -1.06. The lowest BCUT2D eigenvalue weighted by molar-refractivity contribution is 0.0693. The van der Waals surface area contributed by atoms with E-state index in [2.05, 4.69) is 23.7 Å². The summed E-state index contributed by atoms with van der Waals surface area (Å²) in [4.78, 5) is 18.1. The summed E-state index contributed by atoms with van der Waals surface area (Å²) in [5.41, 5.74) is 0.464. The average Bonchev–Trinajstić information content (AvgIpc) is 2.88. The first-order valence-electron chi connectivity index (χ1n) is 7.66. The van der Waals surface area contributed by atoms with E-state index in [1.807, 2.05) is 0 Å². The van der Waals surface area contributed by atoms with Crippen LogP contribution in [0.4, 0.5) is 0 Å². The smallest absolute Gasteiger partial charge is 0.356 e. The summed E-state index contributed by atoms with van der Waals surface area (Å²) in [5.74, 6) is -0.189. The van der Waals surface area contributed by atoms with E-state index < -0.39 is 5.97 Å². The van der Waals surface area contributed by atoms with E-state index in [1.165, 1.54) is 0 Å². The molecule has 0 amide bonds. The van der Waals surface area contributed by atoms with Gasteiger partial charge < -0.3 is 15.1 Å². The standard InChI is InChI=1S/C16H21N3O3/c1-10(2)18-8-6-11(7-9-18)15-17-14(16(21)22)12-4-3-5-13(20)19(12)15/h3-5,10-11,20H,6-9H2,1-2H3,(H,21,22). The quantitative estimate of drug-likeness (QED) is 0.910. The van der Waals surface area contributed by atoms with Crippen LogP contribution in [0.3, 0.4) is 0 Å². The van der Waals surface area contributed by atoms with Crippen molar-refractivity contribution in [1.82, 2.24) is 14.3 Å². The Labute approximate surface area is 129 Å². The lowest BCUT2D eigenvalue weighted by atomic mass is 9.95. The fourth-order valence-corrected chi connectivity index (χ4v) is 3.25. The molecule has 0 unspecified atom stereocenters. The molecule has 2 aromatic rings. The van der Waals surface area contributed by atoms with Gasteiger partial charge in [-0.2, -0.15) is 0 Å². The van der Waals surface area contributed by atoms with Gasteiger partial charge >= 0.3 is 5.97 Å². The minimum Gasteiger partial charge on any atom is -0.494 e. The highest BCUT2D eigenvalue weighted by Gasteiger charge is 2.28. The van der Waals surface area contributed by atoms with Gasteiger partial charge in [0.25, 0.3) is 0 Å². The molecular weight excluding hydrogens is 282 g/mol. The number of pyridine rings is 1. The molecule has 2 N–H and O–H groups in total. The molecule has 0 bridgehead atoms. The van der Waals surface area contributed by atoms with E-state index in [0.717, 1.165) is 25.9 Å². The number of carboxylic acids is 1. The maximum Gasteiger partial charge on any atom is 0.356 e. The average molecular weight is 303 g/mol. The molecule has 0 aromatic carbocycles. The van der Waals surface area contributed by atoms with Crippen molar-refractivity contribution >= 4 is 11.5 Å². The maximum atomic E-state index is 11.4. The van der Waals surface area contributed by atoms with Gasteiger partial charge in [-0.3, -0.25) is 4.40 Å². The SMILES string of the molecule is CC(C)N1CCC(c2nc(C(=O)O)c3cccc(O)n23)CC1. The van der Waals surface area contributed by atoms with E-state index in [4.69, 9.17) is 0 Å². The van der Waals surface area contributed by atoms with Crippen LogP contribution in [0.2, 0.25) is 0 Å². The molecule has 1 fully saturated rings. The Morgan fingerprint density at radius 2 is 2.00 bits per heavy atom. The molecule has 0 saturated carbocycles. The molecule has 6 heteroatoms. The van der Waals surface area contributed by atoms with E-state index in [-0.39, 0.29) is 17.5 Å². The van der Waals surface area contributed by atoms with Gasteiger partial charge in [0.15, 0.2) is 11.6 Å². The summed E-state index contributed by atoms with van der Waals surface area (Å²) in [6, 6.07) is 5.40. The van der Waals surface area contributed by atoms with Crippen molar-refractivity contribution in [2.45, 2.75) is 38.6 Å². The summed E-state index contributed by atoms with van der Waals surface area (Å²) in [5, 5.41) is 19.5. The Morgan fingerprint density at radius 3 is 2.59 bits per heavy atom. The Balaban J connectivity index is 1.99. The number of nitrogens with zero attached hydrogens (tertiary/aromatic N) is 3. The Bertz CT molecular complexity index is 700. The van der Waals surface area contributed by atoms with Gasteiger partial charge in [-0.25, -0.2) is 9.78 Å². The van der Waals surface area contributed by atoms with Crippen molar-refractivity contribution in [3.05, 3.63) is 29.7 Å². The van der Waals surface area contributed by atoms with E-state index in [9.17, 15) is 15.0 Å². The van der Waals surface area contributed by atoms with E-state index in [0.29, 0.717) is 17.4 Å². The van der Waals surface area contributed by atoms with Crippen LogP contribution in [0.5, 0.6) is 5.88 Å². The molecule has 1 aliphatic heterocycles. The summed E-state index contributed by atoms with van der Waals surface area (Å²) in [6.45, 7) is 6.29. The van der Waals surface area contributed by atoms with Crippen LogP contribution in [0.25, 0.3) is 5.52 Å². The molecule has 0 aliphatic carbocycles. The second kappa shape index (κ2) is 5.61. The van der Waals surface area contributed by atoms with Crippen LogP contribution in [0, 0.1) is 0 Å². The number of likely N-dealkylation sites (tertiary alicyclic amines) is 1. The molecule has 6 nitrogen and oxygen atoms in total. The van der Waals surface area contributed by atoms with E-state index in [1.54, 1.807) is 22.6 Å². The van der Waals surface area contributed by atoms with Gasteiger partial charge in [-0.15, -0.1) is 0 Å². The molecular formula is C16H21N3O3. The summed E-state index contributed by atoms with van der Waals surface area (Å²) < 4.78 is 1.58. The molecule has 3 heterocycles. The van der Waals surface area contributed by atoms with Crippen molar-refractivity contribution in [3.8, 4) is 5.88 Å². The number of fused-ring (bicyclic) bond motifs is 1. The highest BCUT2D eigenvalue weighted by atomic mass is 16.4. The van der Waals surface area contributed by atoms with Crippen LogP contribution in [-0.4, -0.2) is 49.6 Å². The summed E-state index contributed by atoms with van der Waals surface area (Å²) in [6.07, 6.45) is 1.84. The normalized spacial score (nSPS) is 17.4. The third kappa shape index (κ3) is 2.43. The molecule has 0 radical (unpaired) electrons. The molecule has 1 saturated heterocycles. The van der Waals surface area contributed by atoms with Gasteiger partial charge in [0.2, 0.25) is 0 Å². The van der Waals surface area contributed by atoms with Crippen LogP contribution < -0.4 is 0 Å². The summed E-state index contributed by atoms with van der Waals surface area (Å²) in [7, 11) is 0. The highest BCUT2D eigenvalue weighted by Crippen LogP contribution is 2.32. The van der Waals surface area contributed by atoms with E-state index >= 15 is 0 Å². The largest absolute Gasteiger partial charge is 0.494 e. The molecule has 0 spiro atoms. The lowest BCUT2D eigenvalue weighted by Gasteiger charge is -2.34. The maximum absolute atomic E-state index is 11.4. The van der Waals surface area contributed by atoms with Crippen molar-refractivity contribution < 1.29 is 15.0 Å². The number of piperidine rings is 1. The van der Waals surface area contributed by atoms with Gasteiger partial charge in [0, 0.05) is 12.0 Å². The zero-order chi connectivity index (χ0) is 15.9. The zero-order valence-electron chi connectivity index (χ0n) is 12.9. The minimum absolute atomic E-state index is 0.0113. The number of carbonyl (C=O) groups is 1. The van der Waals surface area contributed by atoms with Gasteiger partial charge in [0.05, 0.1) is 5.52 Å². The van der Waals surface area contributed by atoms with Crippen LogP contribution >= 0.6 is 0 Å². The summed E-state index contributed by atoms with van der Waals surface area (Å²) >= 11 is 0. The first-order valence-corrected chi connectivity index (χ1v) is 7.66. The predicted molar refractivity (Wildman–Crippen MR) is 82.5 cm³/mol. The second-order valence-corrected chi connectivity index (χ2v) is 6.13. The Hall–Kier alpha value is -2.08. The first kappa shape index (κ1) is 14.8. The number of rotatable bonds is 3. The molecule has 22 heavy (non-hydrogen) atoms. The molecule has 118 valence electrons. The molecule has 0 atom stereocenters. The van der Waals surface area contributed by atoms with Crippen molar-refractivity contribution in [3.63, 3.8) is 0 Å².